The second kappa shape index (κ2) is 4.34. The van der Waals surface area contributed by atoms with Crippen LogP contribution in [-0.4, -0.2) is 56.9 Å². The molecule has 0 aromatic rings. The van der Waals surface area contributed by atoms with E-state index in [-0.39, 0.29) is 18.7 Å². The Bertz CT molecular complexity index is 147. The van der Waals surface area contributed by atoms with Crippen molar-refractivity contribution in [2.45, 2.75) is 25.2 Å². The quantitative estimate of drug-likeness (QED) is 0.631. The first-order valence-corrected chi connectivity index (χ1v) is 4.36. The first-order chi connectivity index (χ1) is 6.11. The summed E-state index contributed by atoms with van der Waals surface area (Å²) >= 11 is 0. The third-order valence-electron chi connectivity index (χ3n) is 2.69. The molecule has 78 valence electrons. The maximum atomic E-state index is 5.95. The molecular weight excluding hydrogens is 170 g/mol. The molecule has 0 radical (unpaired) electrons. The van der Waals surface area contributed by atoms with E-state index >= 15 is 0 Å². The lowest BCUT2D eigenvalue weighted by atomic mass is 10.2. The molecule has 0 aromatic carbocycles. The number of nitrogens with zero attached hydrogens (tertiary/aromatic N) is 2. The fourth-order valence-electron chi connectivity index (χ4n) is 1.66. The van der Waals surface area contributed by atoms with Crippen LogP contribution in [0.15, 0.2) is 0 Å². The fraction of sp³-hybridized carbons (Fsp3) is 1.00. The lowest BCUT2D eigenvalue weighted by Crippen LogP contribution is -2.63. The van der Waals surface area contributed by atoms with Gasteiger partial charge in [0, 0.05) is 20.6 Å². The van der Waals surface area contributed by atoms with Gasteiger partial charge in [-0.15, -0.1) is 0 Å². The van der Waals surface area contributed by atoms with Crippen LogP contribution >= 0.6 is 0 Å². The predicted molar refractivity (Wildman–Crippen MR) is 49.7 cm³/mol. The number of methoxy groups -OCH3 is 2. The summed E-state index contributed by atoms with van der Waals surface area (Å²) < 4.78 is 10.6. The van der Waals surface area contributed by atoms with E-state index in [4.69, 9.17) is 15.2 Å². The number of hydrogen-bond acceptors (Lipinski definition) is 5. The number of rotatable bonds is 2. The molecule has 2 unspecified atom stereocenters. The van der Waals surface area contributed by atoms with Crippen LogP contribution in [0.1, 0.15) is 6.42 Å². The Morgan fingerprint density at radius 1 is 1.08 bits per heavy atom. The molecule has 1 fully saturated rings. The van der Waals surface area contributed by atoms with Gasteiger partial charge in [0.05, 0.1) is 0 Å². The minimum atomic E-state index is -0.149. The van der Waals surface area contributed by atoms with Gasteiger partial charge in [0.1, 0.15) is 18.7 Å². The van der Waals surface area contributed by atoms with Crippen molar-refractivity contribution in [2.24, 2.45) is 5.73 Å². The Morgan fingerprint density at radius 3 is 1.77 bits per heavy atom. The lowest BCUT2D eigenvalue weighted by molar-refractivity contribution is -0.191. The van der Waals surface area contributed by atoms with E-state index in [1.54, 1.807) is 14.2 Å². The molecule has 0 amide bonds. The molecule has 0 aliphatic carbocycles. The summed E-state index contributed by atoms with van der Waals surface area (Å²) in [7, 11) is 7.26. The molecule has 1 saturated heterocycles. The van der Waals surface area contributed by atoms with E-state index in [1.807, 2.05) is 23.9 Å². The Kier molecular flexibility index (Phi) is 3.63. The molecule has 0 aromatic heterocycles. The molecule has 2 atom stereocenters. The molecule has 0 saturated carbocycles. The van der Waals surface area contributed by atoms with Crippen molar-refractivity contribution in [2.75, 3.05) is 28.3 Å². The molecule has 0 bridgehead atoms. The van der Waals surface area contributed by atoms with Crippen molar-refractivity contribution in [1.29, 1.82) is 0 Å². The van der Waals surface area contributed by atoms with Crippen LogP contribution in [-0.2, 0) is 9.47 Å². The van der Waals surface area contributed by atoms with Crippen LogP contribution in [0.25, 0.3) is 0 Å². The van der Waals surface area contributed by atoms with Crippen molar-refractivity contribution in [3.05, 3.63) is 0 Å². The topological polar surface area (TPSA) is 51.0 Å². The highest BCUT2D eigenvalue weighted by Gasteiger charge is 2.35. The number of hydrogen-bond donors (Lipinski definition) is 1. The zero-order valence-electron chi connectivity index (χ0n) is 8.73. The third kappa shape index (κ3) is 2.00. The lowest BCUT2D eigenvalue weighted by Gasteiger charge is -2.46. The predicted octanol–water partition coefficient (Wildman–Crippen LogP) is -0.559. The molecule has 1 aliphatic heterocycles. The average Bonchev–Trinajstić information content (AvgIpc) is 2.15. The van der Waals surface area contributed by atoms with E-state index in [2.05, 4.69) is 0 Å². The molecule has 1 heterocycles. The summed E-state index contributed by atoms with van der Waals surface area (Å²) in [4.78, 5) is 3.96. The highest BCUT2D eigenvalue weighted by molar-refractivity contribution is 4.77. The summed E-state index contributed by atoms with van der Waals surface area (Å²) in [5.74, 6) is 0. The minimum Gasteiger partial charge on any atom is -0.366 e. The van der Waals surface area contributed by atoms with Crippen molar-refractivity contribution >= 4 is 0 Å². The Morgan fingerprint density at radius 2 is 1.46 bits per heavy atom. The summed E-state index contributed by atoms with van der Waals surface area (Å²) in [5.41, 5.74) is 5.95. The van der Waals surface area contributed by atoms with Gasteiger partial charge in [-0.05, 0) is 14.1 Å². The summed E-state index contributed by atoms with van der Waals surface area (Å²) in [6.07, 6.45) is 0.740. The Balaban J connectivity index is 2.66. The summed E-state index contributed by atoms with van der Waals surface area (Å²) in [6, 6.07) is 0. The first kappa shape index (κ1) is 10.9. The van der Waals surface area contributed by atoms with Gasteiger partial charge in [-0.25, -0.2) is 0 Å². The molecule has 1 aliphatic rings. The van der Waals surface area contributed by atoms with Crippen LogP contribution < -0.4 is 5.73 Å². The Hall–Kier alpha value is -0.200. The van der Waals surface area contributed by atoms with Crippen molar-refractivity contribution in [3.63, 3.8) is 0 Å². The molecule has 2 N–H and O–H groups in total. The minimum absolute atomic E-state index is 0.0381. The van der Waals surface area contributed by atoms with Crippen LogP contribution in [0, 0.1) is 0 Å². The van der Waals surface area contributed by atoms with Crippen LogP contribution in [0.2, 0.25) is 0 Å². The van der Waals surface area contributed by atoms with Crippen molar-refractivity contribution < 1.29 is 9.47 Å². The molecule has 13 heavy (non-hydrogen) atoms. The second-order valence-corrected chi connectivity index (χ2v) is 3.36. The van der Waals surface area contributed by atoms with Crippen LogP contribution in [0.3, 0.4) is 0 Å². The molecular formula is C8H19N3O2. The van der Waals surface area contributed by atoms with Crippen LogP contribution in [0.5, 0.6) is 0 Å². The van der Waals surface area contributed by atoms with Gasteiger partial charge in [0.2, 0.25) is 0 Å². The van der Waals surface area contributed by atoms with Gasteiger partial charge in [0.25, 0.3) is 0 Å². The zero-order valence-corrected chi connectivity index (χ0v) is 8.73. The molecule has 0 spiro atoms. The molecule has 5 nitrogen and oxygen atoms in total. The maximum absolute atomic E-state index is 5.95. The van der Waals surface area contributed by atoms with Gasteiger partial charge in [0.15, 0.2) is 0 Å². The van der Waals surface area contributed by atoms with Gasteiger partial charge in [-0.1, -0.05) is 0 Å². The van der Waals surface area contributed by atoms with Crippen LogP contribution in [0.4, 0.5) is 0 Å². The largest absolute Gasteiger partial charge is 0.366 e. The maximum Gasteiger partial charge on any atom is 0.118 e. The van der Waals surface area contributed by atoms with Crippen molar-refractivity contribution in [1.82, 2.24) is 9.80 Å². The van der Waals surface area contributed by atoms with Gasteiger partial charge in [-0.2, -0.15) is 0 Å². The molecule has 1 rings (SSSR count). The first-order valence-electron chi connectivity index (χ1n) is 4.36. The zero-order chi connectivity index (χ0) is 10.0. The van der Waals surface area contributed by atoms with E-state index in [9.17, 15) is 0 Å². The van der Waals surface area contributed by atoms with Gasteiger partial charge < -0.3 is 15.2 Å². The fourth-order valence-corrected chi connectivity index (χ4v) is 1.66. The highest BCUT2D eigenvalue weighted by Crippen LogP contribution is 2.20. The van der Waals surface area contributed by atoms with E-state index in [1.165, 1.54) is 0 Å². The summed E-state index contributed by atoms with van der Waals surface area (Å²) in [6.45, 7) is 0. The monoisotopic (exact) mass is 189 g/mol. The van der Waals surface area contributed by atoms with Gasteiger partial charge in [-0.3, -0.25) is 9.80 Å². The van der Waals surface area contributed by atoms with E-state index < -0.39 is 0 Å². The van der Waals surface area contributed by atoms with E-state index in [0.717, 1.165) is 6.42 Å². The average molecular weight is 189 g/mol. The van der Waals surface area contributed by atoms with E-state index in [0.29, 0.717) is 0 Å². The number of ether oxygens (including phenoxy) is 2. The normalized spacial score (nSPS) is 38.1. The number of nitrogens with two attached hydrogens (primary N) is 1. The highest BCUT2D eigenvalue weighted by atomic mass is 16.5. The SMILES string of the molecule is COC1CC(OC)N(C)C(N)N1C. The second-order valence-electron chi connectivity index (χ2n) is 3.36. The van der Waals surface area contributed by atoms with Gasteiger partial charge >= 0.3 is 0 Å². The summed E-state index contributed by atoms with van der Waals surface area (Å²) in [5, 5.41) is 0. The molecule has 5 heteroatoms. The third-order valence-corrected chi connectivity index (χ3v) is 2.69. The smallest absolute Gasteiger partial charge is 0.118 e. The standard InChI is InChI=1S/C8H19N3O2/c1-10-6(12-3)5-7(13-4)11(2)8(10)9/h6-8H,5,9H2,1-4H3. The Labute approximate surface area is 79.4 Å². The van der Waals surface area contributed by atoms with Crippen molar-refractivity contribution in [3.8, 4) is 0 Å².